The highest BCUT2D eigenvalue weighted by Crippen LogP contribution is 2.26. The Kier molecular flexibility index (Phi) is 3.99. The van der Waals surface area contributed by atoms with Crippen molar-refractivity contribution in [3.05, 3.63) is 33.9 Å². The van der Waals surface area contributed by atoms with Crippen LogP contribution >= 0.6 is 0 Å². The summed E-state index contributed by atoms with van der Waals surface area (Å²) in [6.45, 7) is 1.05. The molecular formula is C13H17N3O3. The Morgan fingerprint density at radius 3 is 2.84 bits per heavy atom. The molecule has 1 saturated heterocycles. The summed E-state index contributed by atoms with van der Waals surface area (Å²) in [4.78, 5) is 24.0. The third kappa shape index (κ3) is 3.01. The molecule has 102 valence electrons. The smallest absolute Gasteiger partial charge is 0.292 e. The van der Waals surface area contributed by atoms with E-state index in [4.69, 9.17) is 5.73 Å². The molecule has 0 atom stereocenters. The van der Waals surface area contributed by atoms with Crippen molar-refractivity contribution >= 4 is 17.3 Å². The zero-order chi connectivity index (χ0) is 13.8. The van der Waals surface area contributed by atoms with Gasteiger partial charge >= 0.3 is 0 Å². The van der Waals surface area contributed by atoms with Crippen LogP contribution in [0.25, 0.3) is 0 Å². The Morgan fingerprint density at radius 2 is 2.11 bits per heavy atom. The summed E-state index contributed by atoms with van der Waals surface area (Å²) in [7, 11) is 0. The van der Waals surface area contributed by atoms with Crippen molar-refractivity contribution in [3.63, 3.8) is 0 Å². The SMILES string of the molecule is Nc1c(CN2CCCCCC2=O)cccc1[N+](=O)[O-]. The van der Waals surface area contributed by atoms with E-state index in [2.05, 4.69) is 0 Å². The number of nitrogens with zero attached hydrogens (tertiary/aromatic N) is 2. The quantitative estimate of drug-likeness (QED) is 0.513. The van der Waals surface area contributed by atoms with E-state index in [0.29, 0.717) is 25.1 Å². The van der Waals surface area contributed by atoms with E-state index in [1.165, 1.54) is 6.07 Å². The third-order valence-corrected chi connectivity index (χ3v) is 3.40. The molecule has 0 aromatic heterocycles. The van der Waals surface area contributed by atoms with Crippen molar-refractivity contribution in [2.24, 2.45) is 0 Å². The normalized spacial score (nSPS) is 16.2. The van der Waals surface area contributed by atoms with Crippen molar-refractivity contribution in [2.75, 3.05) is 12.3 Å². The van der Waals surface area contributed by atoms with E-state index < -0.39 is 4.92 Å². The standard InChI is InChI=1S/C13H17N3O3/c14-13-10(5-4-6-11(13)16(18)19)9-15-8-3-1-2-7-12(15)17/h4-6H,1-3,7-9,14H2. The number of carbonyl (C=O) groups is 1. The van der Waals surface area contributed by atoms with Crippen LogP contribution in [-0.2, 0) is 11.3 Å². The molecule has 0 radical (unpaired) electrons. The molecule has 0 saturated carbocycles. The van der Waals surface area contributed by atoms with Gasteiger partial charge in [0.25, 0.3) is 5.69 Å². The van der Waals surface area contributed by atoms with Gasteiger partial charge in [0.2, 0.25) is 5.91 Å². The Morgan fingerprint density at radius 1 is 1.32 bits per heavy atom. The first-order chi connectivity index (χ1) is 9.09. The summed E-state index contributed by atoms with van der Waals surface area (Å²) in [6.07, 6.45) is 3.49. The van der Waals surface area contributed by atoms with Crippen molar-refractivity contribution in [1.29, 1.82) is 0 Å². The molecule has 6 heteroatoms. The maximum absolute atomic E-state index is 11.9. The maximum Gasteiger partial charge on any atom is 0.292 e. The maximum atomic E-state index is 11.9. The molecule has 1 heterocycles. The number of rotatable bonds is 3. The van der Waals surface area contributed by atoms with Crippen LogP contribution in [0.2, 0.25) is 0 Å². The van der Waals surface area contributed by atoms with Gasteiger partial charge in [-0.3, -0.25) is 14.9 Å². The van der Waals surface area contributed by atoms with Gasteiger partial charge < -0.3 is 10.6 Å². The van der Waals surface area contributed by atoms with Crippen LogP contribution in [-0.4, -0.2) is 22.3 Å². The number of amides is 1. The highest BCUT2D eigenvalue weighted by molar-refractivity contribution is 5.77. The molecule has 2 rings (SSSR count). The number of benzene rings is 1. The van der Waals surface area contributed by atoms with E-state index >= 15 is 0 Å². The van der Waals surface area contributed by atoms with Gasteiger partial charge in [-0.2, -0.15) is 0 Å². The molecule has 1 aliphatic rings. The van der Waals surface area contributed by atoms with E-state index in [1.54, 1.807) is 17.0 Å². The first-order valence-electron chi connectivity index (χ1n) is 6.39. The van der Waals surface area contributed by atoms with Crippen molar-refractivity contribution in [3.8, 4) is 0 Å². The fraction of sp³-hybridized carbons (Fsp3) is 0.462. The number of nitro benzene ring substituents is 1. The minimum absolute atomic E-state index is 0.0974. The largest absolute Gasteiger partial charge is 0.393 e. The van der Waals surface area contributed by atoms with Crippen molar-refractivity contribution in [1.82, 2.24) is 4.90 Å². The zero-order valence-electron chi connectivity index (χ0n) is 10.7. The summed E-state index contributed by atoms with van der Waals surface area (Å²) in [6, 6.07) is 4.72. The predicted molar refractivity (Wildman–Crippen MR) is 71.4 cm³/mol. The fourth-order valence-electron chi connectivity index (χ4n) is 2.31. The number of likely N-dealkylation sites (tertiary alicyclic amines) is 1. The number of para-hydroxylation sites is 1. The van der Waals surface area contributed by atoms with E-state index in [-0.39, 0.29) is 17.3 Å². The lowest BCUT2D eigenvalue weighted by Gasteiger charge is -2.21. The van der Waals surface area contributed by atoms with Gasteiger partial charge in [-0.1, -0.05) is 18.6 Å². The van der Waals surface area contributed by atoms with Crippen molar-refractivity contribution < 1.29 is 9.72 Å². The van der Waals surface area contributed by atoms with Crippen LogP contribution in [0.5, 0.6) is 0 Å². The van der Waals surface area contributed by atoms with Crippen LogP contribution in [0.1, 0.15) is 31.2 Å². The van der Waals surface area contributed by atoms with E-state index in [0.717, 1.165) is 19.3 Å². The average Bonchev–Trinajstić information content (AvgIpc) is 2.57. The van der Waals surface area contributed by atoms with Crippen LogP contribution in [0.3, 0.4) is 0 Å². The van der Waals surface area contributed by atoms with Crippen LogP contribution in [0, 0.1) is 10.1 Å². The summed E-state index contributed by atoms with van der Waals surface area (Å²) in [5.41, 5.74) is 6.51. The molecule has 19 heavy (non-hydrogen) atoms. The van der Waals surface area contributed by atoms with Crippen molar-refractivity contribution in [2.45, 2.75) is 32.2 Å². The Labute approximate surface area is 111 Å². The summed E-state index contributed by atoms with van der Waals surface area (Å²) in [5, 5.41) is 10.8. The van der Waals surface area contributed by atoms with Gasteiger partial charge in [0, 0.05) is 31.1 Å². The Hall–Kier alpha value is -2.11. The number of nitrogen functional groups attached to an aromatic ring is 1. The molecule has 1 aromatic carbocycles. The second-order valence-corrected chi connectivity index (χ2v) is 4.73. The second kappa shape index (κ2) is 5.69. The fourth-order valence-corrected chi connectivity index (χ4v) is 2.31. The van der Waals surface area contributed by atoms with Gasteiger partial charge in [0.05, 0.1) is 4.92 Å². The number of carbonyl (C=O) groups excluding carboxylic acids is 1. The molecule has 1 aromatic rings. The number of hydrogen-bond acceptors (Lipinski definition) is 4. The molecule has 0 aliphatic carbocycles. The molecule has 0 unspecified atom stereocenters. The molecule has 1 fully saturated rings. The molecule has 0 bridgehead atoms. The number of nitro groups is 1. The van der Waals surface area contributed by atoms with Crippen LogP contribution < -0.4 is 5.73 Å². The first-order valence-corrected chi connectivity index (χ1v) is 6.39. The molecule has 0 spiro atoms. The summed E-state index contributed by atoms with van der Waals surface area (Å²) in [5.74, 6) is 0.100. The Bertz CT molecular complexity index is 502. The molecule has 1 amide bonds. The number of nitrogens with two attached hydrogens (primary N) is 1. The van der Waals surface area contributed by atoms with E-state index in [9.17, 15) is 14.9 Å². The van der Waals surface area contributed by atoms with Crippen LogP contribution in [0.4, 0.5) is 11.4 Å². The highest BCUT2D eigenvalue weighted by Gasteiger charge is 2.20. The van der Waals surface area contributed by atoms with Crippen LogP contribution in [0.15, 0.2) is 18.2 Å². The Balaban J connectivity index is 2.20. The van der Waals surface area contributed by atoms with Gasteiger partial charge in [0.1, 0.15) is 5.69 Å². The van der Waals surface area contributed by atoms with Gasteiger partial charge in [0.15, 0.2) is 0 Å². The molecular weight excluding hydrogens is 246 g/mol. The molecule has 2 N–H and O–H groups in total. The summed E-state index contributed by atoms with van der Waals surface area (Å²) < 4.78 is 0. The van der Waals surface area contributed by atoms with E-state index in [1.807, 2.05) is 0 Å². The monoisotopic (exact) mass is 263 g/mol. The van der Waals surface area contributed by atoms with Gasteiger partial charge in [-0.05, 0) is 12.8 Å². The topological polar surface area (TPSA) is 89.5 Å². The third-order valence-electron chi connectivity index (χ3n) is 3.40. The lowest BCUT2D eigenvalue weighted by molar-refractivity contribution is -0.384. The van der Waals surface area contributed by atoms with Gasteiger partial charge in [-0.25, -0.2) is 0 Å². The lowest BCUT2D eigenvalue weighted by Crippen LogP contribution is -2.30. The summed E-state index contributed by atoms with van der Waals surface area (Å²) >= 11 is 0. The average molecular weight is 263 g/mol. The first kappa shape index (κ1) is 13.3. The lowest BCUT2D eigenvalue weighted by atomic mass is 10.1. The predicted octanol–water partition coefficient (Wildman–Crippen LogP) is 2.08. The second-order valence-electron chi connectivity index (χ2n) is 4.73. The molecule has 6 nitrogen and oxygen atoms in total. The zero-order valence-corrected chi connectivity index (χ0v) is 10.7. The number of hydrogen-bond donors (Lipinski definition) is 1. The van der Waals surface area contributed by atoms with Gasteiger partial charge in [-0.15, -0.1) is 0 Å². The minimum atomic E-state index is -0.497. The number of anilines is 1. The minimum Gasteiger partial charge on any atom is -0.393 e. The highest BCUT2D eigenvalue weighted by atomic mass is 16.6. The molecule has 1 aliphatic heterocycles.